The normalized spacial score (nSPS) is 22.0. The van der Waals surface area contributed by atoms with E-state index in [0.29, 0.717) is 42.7 Å². The molecule has 3 heterocycles. The molecule has 1 saturated heterocycles. The van der Waals surface area contributed by atoms with Crippen LogP contribution in [0.3, 0.4) is 0 Å². The minimum atomic E-state index is -0.821. The number of halogens is 1. The van der Waals surface area contributed by atoms with Gasteiger partial charge in [0.25, 0.3) is 0 Å². The van der Waals surface area contributed by atoms with Crippen molar-refractivity contribution in [2.75, 3.05) is 25.0 Å². The number of carbonyl (C=O) groups excluding carboxylic acids is 2. The Morgan fingerprint density at radius 2 is 1.84 bits per heavy atom. The number of pyridine rings is 1. The number of nitrogens with one attached hydrogen (secondary N) is 1. The lowest BCUT2D eigenvalue weighted by atomic mass is 9.93. The van der Waals surface area contributed by atoms with E-state index in [1.807, 2.05) is 64.1 Å². The van der Waals surface area contributed by atoms with Gasteiger partial charge in [0.2, 0.25) is 11.8 Å². The molecule has 0 radical (unpaired) electrons. The van der Waals surface area contributed by atoms with Gasteiger partial charge in [-0.05, 0) is 52.0 Å². The van der Waals surface area contributed by atoms with Crippen molar-refractivity contribution in [3.63, 3.8) is 0 Å². The van der Waals surface area contributed by atoms with Crippen LogP contribution in [0.5, 0.6) is 5.88 Å². The molecule has 1 N–H and O–H groups in total. The van der Waals surface area contributed by atoms with Gasteiger partial charge >= 0.3 is 6.09 Å². The van der Waals surface area contributed by atoms with Crippen LogP contribution in [0.25, 0.3) is 11.3 Å². The third-order valence-corrected chi connectivity index (χ3v) is 7.39. The molecule has 1 unspecified atom stereocenters. The van der Waals surface area contributed by atoms with E-state index >= 15 is 0 Å². The number of aromatic nitrogens is 3. The summed E-state index contributed by atoms with van der Waals surface area (Å²) in [7, 11) is 0. The molecule has 198 valence electrons. The number of rotatable bonds is 6. The summed E-state index contributed by atoms with van der Waals surface area (Å²) in [6, 6.07) is 11.2. The van der Waals surface area contributed by atoms with Crippen LogP contribution < -0.4 is 10.1 Å². The van der Waals surface area contributed by atoms with E-state index in [-0.39, 0.29) is 23.8 Å². The number of fused-ring (bicyclic) bond motifs is 1. The van der Waals surface area contributed by atoms with E-state index in [1.54, 1.807) is 23.5 Å². The number of nitrogens with zero attached hydrogens (tertiary/aromatic N) is 4. The van der Waals surface area contributed by atoms with E-state index in [2.05, 4.69) is 36.2 Å². The van der Waals surface area contributed by atoms with Crippen molar-refractivity contribution in [1.29, 1.82) is 0 Å². The second-order valence-corrected chi connectivity index (χ2v) is 11.4. The molecule has 1 saturated carbocycles. The fourth-order valence-corrected chi connectivity index (χ4v) is 5.57. The smallest absolute Gasteiger partial charge is 0.410 e. The SMILES string of the molecule is CCOc1cncc(-c2ccc(NC(=O)C3(c4cc(Br)ccn4)[C@@H]4CN(C(=O)OC(C)(C)C)C[C@@H]43)cc2)n1. The van der Waals surface area contributed by atoms with Crippen LogP contribution in [0.4, 0.5) is 10.5 Å². The fourth-order valence-electron chi connectivity index (χ4n) is 5.23. The number of carbonyl (C=O) groups is 2. The molecule has 38 heavy (non-hydrogen) atoms. The number of amides is 2. The maximum atomic E-state index is 13.9. The van der Waals surface area contributed by atoms with E-state index in [0.717, 1.165) is 10.0 Å². The van der Waals surface area contributed by atoms with Crippen LogP contribution in [-0.4, -0.2) is 57.1 Å². The highest BCUT2D eigenvalue weighted by Gasteiger charge is 2.74. The second kappa shape index (κ2) is 9.98. The molecule has 10 heteroatoms. The van der Waals surface area contributed by atoms with Crippen LogP contribution in [0.1, 0.15) is 33.4 Å². The molecule has 3 atom stereocenters. The second-order valence-electron chi connectivity index (χ2n) is 10.5. The third-order valence-electron chi connectivity index (χ3n) is 6.90. The maximum absolute atomic E-state index is 13.9. The van der Waals surface area contributed by atoms with Gasteiger partial charge in [0.05, 0.1) is 30.4 Å². The first kappa shape index (κ1) is 26.1. The minimum absolute atomic E-state index is 0.0485. The molecule has 2 aliphatic rings. The zero-order valence-electron chi connectivity index (χ0n) is 21.8. The van der Waals surface area contributed by atoms with Crippen molar-refractivity contribution in [2.24, 2.45) is 11.8 Å². The molecular formula is C28H30BrN5O4. The summed E-state index contributed by atoms with van der Waals surface area (Å²) < 4.78 is 11.9. The number of likely N-dealkylation sites (tertiary alicyclic amines) is 1. The molecule has 1 aliphatic carbocycles. The highest BCUT2D eigenvalue weighted by molar-refractivity contribution is 9.10. The monoisotopic (exact) mass is 579 g/mol. The number of benzene rings is 1. The van der Waals surface area contributed by atoms with Crippen LogP contribution in [0, 0.1) is 11.8 Å². The standard InChI is InChI=1S/C28H30BrN5O4/c1-5-37-24-14-30-13-22(33-24)17-6-8-19(9-7-17)32-25(35)28(23-12-18(29)10-11-31-23)20-15-34(16-21(20)28)26(36)38-27(2,3)4/h6-14,20-21H,5,15-16H2,1-4H3,(H,32,35)/t20-,21+,28?. The largest absolute Gasteiger partial charge is 0.477 e. The predicted octanol–water partition coefficient (Wildman–Crippen LogP) is 5.07. The molecule has 1 aliphatic heterocycles. The van der Waals surface area contributed by atoms with Gasteiger partial charge in [-0.15, -0.1) is 0 Å². The number of hydrogen-bond acceptors (Lipinski definition) is 7. The summed E-state index contributed by atoms with van der Waals surface area (Å²) in [5.74, 6) is 0.236. The first-order valence-corrected chi connectivity index (χ1v) is 13.4. The Labute approximate surface area is 230 Å². The lowest BCUT2D eigenvalue weighted by Crippen LogP contribution is -2.42. The number of hydrogen-bond donors (Lipinski definition) is 1. The summed E-state index contributed by atoms with van der Waals surface area (Å²) in [6.07, 6.45) is 4.59. The Hall–Kier alpha value is -3.53. The lowest BCUT2D eigenvalue weighted by molar-refractivity contribution is -0.119. The lowest BCUT2D eigenvalue weighted by Gasteiger charge is -2.28. The van der Waals surface area contributed by atoms with Crippen molar-refractivity contribution < 1.29 is 19.1 Å². The fraction of sp³-hybridized carbons (Fsp3) is 0.393. The zero-order valence-corrected chi connectivity index (χ0v) is 23.4. The van der Waals surface area contributed by atoms with Gasteiger partial charge in [0.1, 0.15) is 11.0 Å². The molecule has 3 aromatic rings. The molecule has 9 nitrogen and oxygen atoms in total. The Bertz CT molecular complexity index is 1350. The third kappa shape index (κ3) is 4.97. The Kier molecular flexibility index (Phi) is 6.85. The summed E-state index contributed by atoms with van der Waals surface area (Å²) in [6.45, 7) is 8.82. The Morgan fingerprint density at radius 1 is 1.13 bits per heavy atom. The van der Waals surface area contributed by atoms with Crippen LogP contribution in [-0.2, 0) is 14.9 Å². The van der Waals surface area contributed by atoms with Crippen molar-refractivity contribution in [3.05, 3.63) is 65.2 Å². The van der Waals surface area contributed by atoms with Gasteiger partial charge in [0, 0.05) is 46.8 Å². The first-order chi connectivity index (χ1) is 18.1. The molecule has 2 fully saturated rings. The molecular weight excluding hydrogens is 550 g/mol. The van der Waals surface area contributed by atoms with Crippen molar-refractivity contribution in [2.45, 2.75) is 38.7 Å². The summed E-state index contributed by atoms with van der Waals surface area (Å²) >= 11 is 3.51. The molecule has 0 bridgehead atoms. The van der Waals surface area contributed by atoms with Gasteiger partial charge in [-0.1, -0.05) is 28.1 Å². The molecule has 5 rings (SSSR count). The van der Waals surface area contributed by atoms with Crippen molar-refractivity contribution in [3.8, 4) is 17.1 Å². The molecule has 0 spiro atoms. The van der Waals surface area contributed by atoms with Crippen LogP contribution in [0.15, 0.2) is 59.5 Å². The summed E-state index contributed by atoms with van der Waals surface area (Å²) in [4.78, 5) is 41.5. The van der Waals surface area contributed by atoms with E-state index < -0.39 is 11.0 Å². The average molecular weight is 580 g/mol. The Balaban J connectivity index is 1.35. The topological polar surface area (TPSA) is 107 Å². The predicted molar refractivity (Wildman–Crippen MR) is 146 cm³/mol. The van der Waals surface area contributed by atoms with E-state index in [1.165, 1.54) is 0 Å². The van der Waals surface area contributed by atoms with Gasteiger partial charge in [-0.25, -0.2) is 9.78 Å². The van der Waals surface area contributed by atoms with Gasteiger partial charge in [0.15, 0.2) is 0 Å². The van der Waals surface area contributed by atoms with Gasteiger partial charge in [-0.2, -0.15) is 0 Å². The van der Waals surface area contributed by atoms with Gasteiger partial charge < -0.3 is 19.7 Å². The van der Waals surface area contributed by atoms with E-state index in [9.17, 15) is 9.59 Å². The van der Waals surface area contributed by atoms with E-state index in [4.69, 9.17) is 9.47 Å². The van der Waals surface area contributed by atoms with Crippen LogP contribution >= 0.6 is 15.9 Å². The minimum Gasteiger partial charge on any atom is -0.477 e. The van der Waals surface area contributed by atoms with Crippen LogP contribution in [0.2, 0.25) is 0 Å². The first-order valence-electron chi connectivity index (χ1n) is 12.6. The van der Waals surface area contributed by atoms with Gasteiger partial charge in [-0.3, -0.25) is 14.8 Å². The highest BCUT2D eigenvalue weighted by atomic mass is 79.9. The number of ether oxygens (including phenoxy) is 2. The molecule has 1 aromatic carbocycles. The van der Waals surface area contributed by atoms with Crippen molar-refractivity contribution in [1.82, 2.24) is 19.9 Å². The quantitative estimate of drug-likeness (QED) is 0.434. The maximum Gasteiger partial charge on any atom is 0.410 e. The molecule has 2 aromatic heterocycles. The zero-order chi connectivity index (χ0) is 27.1. The average Bonchev–Trinajstić information content (AvgIpc) is 3.26. The summed E-state index contributed by atoms with van der Waals surface area (Å²) in [5, 5.41) is 3.09. The summed E-state index contributed by atoms with van der Waals surface area (Å²) in [5.41, 5.74) is 1.50. The number of piperidine rings is 1. The highest BCUT2D eigenvalue weighted by Crippen LogP contribution is 2.63. The Morgan fingerprint density at radius 3 is 2.47 bits per heavy atom. The molecule has 2 amide bonds. The van der Waals surface area contributed by atoms with Crippen molar-refractivity contribution >= 4 is 33.6 Å². The number of anilines is 1.